The first-order chi connectivity index (χ1) is 9.99. The summed E-state index contributed by atoms with van der Waals surface area (Å²) >= 11 is 0. The first-order valence-electron chi connectivity index (χ1n) is 8.59. The van der Waals surface area contributed by atoms with Gasteiger partial charge < -0.3 is 0 Å². The summed E-state index contributed by atoms with van der Waals surface area (Å²) in [4.78, 5) is 12.4. The van der Waals surface area contributed by atoms with Crippen molar-refractivity contribution in [2.24, 2.45) is 17.3 Å². The summed E-state index contributed by atoms with van der Waals surface area (Å²) in [7, 11) is 0. The Morgan fingerprint density at radius 2 is 2.05 bits per heavy atom. The molecule has 1 fully saturated rings. The average Bonchev–Trinajstić information content (AvgIpc) is 2.45. The van der Waals surface area contributed by atoms with E-state index in [1.165, 1.54) is 36.8 Å². The molecule has 0 heterocycles. The highest BCUT2D eigenvalue weighted by atomic mass is 16.1. The van der Waals surface area contributed by atoms with E-state index in [9.17, 15) is 4.79 Å². The van der Waals surface area contributed by atoms with Gasteiger partial charge in [0.1, 0.15) is 5.78 Å². The molecule has 3 unspecified atom stereocenters. The number of Topliss-reactive ketones (excluding diaryl/α,β-unsaturated/α-hetero) is 1. The zero-order valence-electron chi connectivity index (χ0n) is 13.7. The van der Waals surface area contributed by atoms with Crippen molar-refractivity contribution in [3.05, 3.63) is 35.4 Å². The van der Waals surface area contributed by atoms with Crippen LogP contribution in [-0.2, 0) is 11.2 Å². The lowest BCUT2D eigenvalue weighted by atomic mass is 9.55. The average molecular weight is 284 g/mol. The van der Waals surface area contributed by atoms with Crippen LogP contribution in [0.1, 0.15) is 69.9 Å². The van der Waals surface area contributed by atoms with Crippen LogP contribution in [0.3, 0.4) is 0 Å². The molecule has 2 aliphatic rings. The van der Waals surface area contributed by atoms with Gasteiger partial charge in [-0.15, -0.1) is 0 Å². The minimum atomic E-state index is 0.220. The lowest BCUT2D eigenvalue weighted by molar-refractivity contribution is -0.127. The summed E-state index contributed by atoms with van der Waals surface area (Å²) in [5.41, 5.74) is 3.18. The van der Waals surface area contributed by atoms with Crippen molar-refractivity contribution < 1.29 is 4.79 Å². The van der Waals surface area contributed by atoms with Crippen LogP contribution in [0.25, 0.3) is 0 Å². The number of aryl methyl sites for hydroxylation is 1. The smallest absolute Gasteiger partial charge is 0.134 e. The Bertz CT molecular complexity index is 530. The summed E-state index contributed by atoms with van der Waals surface area (Å²) in [6, 6.07) is 8.82. The predicted octanol–water partition coefficient (Wildman–Crippen LogP) is 5.14. The van der Waals surface area contributed by atoms with Crippen LogP contribution in [0.15, 0.2) is 24.3 Å². The van der Waals surface area contributed by atoms with E-state index in [2.05, 4.69) is 45.0 Å². The lowest BCUT2D eigenvalue weighted by Gasteiger charge is -2.49. The molecule has 3 atom stereocenters. The van der Waals surface area contributed by atoms with E-state index in [1.54, 1.807) is 0 Å². The summed E-state index contributed by atoms with van der Waals surface area (Å²) in [5.74, 6) is 2.39. The van der Waals surface area contributed by atoms with Gasteiger partial charge in [0.15, 0.2) is 0 Å². The molecule has 0 bridgehead atoms. The summed E-state index contributed by atoms with van der Waals surface area (Å²) < 4.78 is 0. The van der Waals surface area contributed by atoms with Crippen LogP contribution >= 0.6 is 0 Å². The van der Waals surface area contributed by atoms with Gasteiger partial charge in [0.25, 0.3) is 0 Å². The van der Waals surface area contributed by atoms with Gasteiger partial charge in [0.05, 0.1) is 0 Å². The van der Waals surface area contributed by atoms with E-state index in [0.29, 0.717) is 17.6 Å². The third-order valence-electron chi connectivity index (χ3n) is 5.90. The highest BCUT2D eigenvalue weighted by molar-refractivity contribution is 5.81. The van der Waals surface area contributed by atoms with E-state index < -0.39 is 0 Å². The fraction of sp³-hybridized carbons (Fsp3) is 0.650. The SMILES string of the molecule is CC(C)CCC1(C)CC(=O)CC2c3ccccc3CCC21. The molecule has 0 amide bonds. The molecule has 0 aliphatic heterocycles. The molecule has 114 valence electrons. The van der Waals surface area contributed by atoms with E-state index in [-0.39, 0.29) is 5.41 Å². The van der Waals surface area contributed by atoms with Gasteiger partial charge in [-0.3, -0.25) is 4.79 Å². The van der Waals surface area contributed by atoms with Crippen molar-refractivity contribution in [2.75, 3.05) is 0 Å². The molecule has 1 heteroatoms. The molecule has 1 aromatic carbocycles. The van der Waals surface area contributed by atoms with Crippen LogP contribution < -0.4 is 0 Å². The van der Waals surface area contributed by atoms with Crippen LogP contribution in [0.5, 0.6) is 0 Å². The Balaban J connectivity index is 1.91. The molecule has 1 aromatic rings. The third-order valence-corrected chi connectivity index (χ3v) is 5.90. The van der Waals surface area contributed by atoms with Crippen LogP contribution in [0.2, 0.25) is 0 Å². The molecule has 1 saturated carbocycles. The molecule has 21 heavy (non-hydrogen) atoms. The zero-order chi connectivity index (χ0) is 15.0. The van der Waals surface area contributed by atoms with Crippen molar-refractivity contribution in [2.45, 2.75) is 65.2 Å². The Morgan fingerprint density at radius 1 is 1.29 bits per heavy atom. The highest BCUT2D eigenvalue weighted by Crippen LogP contribution is 2.54. The fourth-order valence-electron chi connectivity index (χ4n) is 4.73. The van der Waals surface area contributed by atoms with Gasteiger partial charge in [-0.2, -0.15) is 0 Å². The monoisotopic (exact) mass is 284 g/mol. The third kappa shape index (κ3) is 2.80. The van der Waals surface area contributed by atoms with Crippen LogP contribution in [-0.4, -0.2) is 5.78 Å². The maximum Gasteiger partial charge on any atom is 0.134 e. The number of hydrogen-bond donors (Lipinski definition) is 0. The molecular formula is C20H28O. The predicted molar refractivity (Wildman–Crippen MR) is 87.4 cm³/mol. The van der Waals surface area contributed by atoms with Gasteiger partial charge >= 0.3 is 0 Å². The Morgan fingerprint density at radius 3 is 2.81 bits per heavy atom. The van der Waals surface area contributed by atoms with Gasteiger partial charge in [-0.1, -0.05) is 51.5 Å². The van der Waals surface area contributed by atoms with Gasteiger partial charge in [0, 0.05) is 12.8 Å². The number of carbonyl (C=O) groups is 1. The Kier molecular flexibility index (Phi) is 3.94. The second-order valence-corrected chi connectivity index (χ2v) is 7.96. The number of hydrogen-bond acceptors (Lipinski definition) is 1. The molecule has 2 aliphatic carbocycles. The molecule has 0 aromatic heterocycles. The van der Waals surface area contributed by atoms with E-state index >= 15 is 0 Å². The van der Waals surface area contributed by atoms with E-state index in [1.807, 2.05) is 0 Å². The van der Waals surface area contributed by atoms with Crippen LogP contribution in [0, 0.1) is 17.3 Å². The van der Waals surface area contributed by atoms with Gasteiger partial charge in [-0.05, 0) is 53.6 Å². The standard InChI is InChI=1S/C20H28O/c1-14(2)10-11-20(3)13-16(21)12-18-17-7-5-4-6-15(17)8-9-19(18)20/h4-7,14,18-19H,8-13H2,1-3H3. The quantitative estimate of drug-likeness (QED) is 0.751. The zero-order valence-corrected chi connectivity index (χ0v) is 13.7. The lowest BCUT2D eigenvalue weighted by Crippen LogP contribution is -2.42. The van der Waals surface area contributed by atoms with Gasteiger partial charge in [0.2, 0.25) is 0 Å². The Labute approximate surface area is 129 Å². The largest absolute Gasteiger partial charge is 0.300 e. The molecule has 0 radical (unpaired) electrons. The van der Waals surface area contributed by atoms with Crippen molar-refractivity contribution in [1.29, 1.82) is 0 Å². The molecule has 1 nitrogen and oxygen atoms in total. The Hall–Kier alpha value is -1.11. The maximum atomic E-state index is 12.4. The number of carbonyl (C=O) groups excluding carboxylic acids is 1. The summed E-state index contributed by atoms with van der Waals surface area (Å²) in [6.07, 6.45) is 6.50. The van der Waals surface area contributed by atoms with Crippen molar-refractivity contribution in [3.8, 4) is 0 Å². The molecule has 0 N–H and O–H groups in total. The number of ketones is 1. The number of fused-ring (bicyclic) bond motifs is 3. The normalized spacial score (nSPS) is 31.9. The highest BCUT2D eigenvalue weighted by Gasteiger charge is 2.47. The molecule has 0 spiro atoms. The molecular weight excluding hydrogens is 256 g/mol. The van der Waals surface area contributed by atoms with Crippen molar-refractivity contribution in [3.63, 3.8) is 0 Å². The summed E-state index contributed by atoms with van der Waals surface area (Å²) in [6.45, 7) is 6.97. The van der Waals surface area contributed by atoms with Crippen LogP contribution in [0.4, 0.5) is 0 Å². The second-order valence-electron chi connectivity index (χ2n) is 7.96. The first-order valence-corrected chi connectivity index (χ1v) is 8.59. The van der Waals surface area contributed by atoms with Gasteiger partial charge in [-0.25, -0.2) is 0 Å². The number of rotatable bonds is 3. The maximum absolute atomic E-state index is 12.4. The molecule has 3 rings (SSSR count). The topological polar surface area (TPSA) is 17.1 Å². The minimum absolute atomic E-state index is 0.220. The fourth-order valence-corrected chi connectivity index (χ4v) is 4.73. The minimum Gasteiger partial charge on any atom is -0.300 e. The second kappa shape index (κ2) is 5.59. The molecule has 0 saturated heterocycles. The van der Waals surface area contributed by atoms with Crippen molar-refractivity contribution in [1.82, 2.24) is 0 Å². The van der Waals surface area contributed by atoms with E-state index in [4.69, 9.17) is 0 Å². The van der Waals surface area contributed by atoms with E-state index in [0.717, 1.165) is 18.8 Å². The first kappa shape index (κ1) is 14.8. The van der Waals surface area contributed by atoms with Crippen molar-refractivity contribution >= 4 is 5.78 Å². The number of benzene rings is 1. The summed E-state index contributed by atoms with van der Waals surface area (Å²) in [5, 5.41) is 0.